The Morgan fingerprint density at radius 2 is 2.00 bits per heavy atom. The SMILES string of the molecule is CCC(C(=O)O)S(=O)(=O)Cc1ccc(C(N)=O)cc1Cl. The van der Waals surface area contributed by atoms with E-state index in [-0.39, 0.29) is 22.6 Å². The van der Waals surface area contributed by atoms with E-state index in [9.17, 15) is 18.0 Å². The maximum Gasteiger partial charge on any atom is 0.321 e. The van der Waals surface area contributed by atoms with Crippen molar-refractivity contribution >= 4 is 33.3 Å². The summed E-state index contributed by atoms with van der Waals surface area (Å²) in [5, 5.41) is 7.48. The topological polar surface area (TPSA) is 115 Å². The number of sulfone groups is 1. The number of rotatable bonds is 6. The summed E-state index contributed by atoms with van der Waals surface area (Å²) in [6.07, 6.45) is -0.0331. The second-order valence-corrected chi connectivity index (χ2v) is 6.80. The van der Waals surface area contributed by atoms with Crippen LogP contribution in [0.25, 0.3) is 0 Å². The van der Waals surface area contributed by atoms with Crippen molar-refractivity contribution in [1.82, 2.24) is 0 Å². The monoisotopic (exact) mass is 319 g/mol. The van der Waals surface area contributed by atoms with Gasteiger partial charge in [-0.1, -0.05) is 24.6 Å². The fourth-order valence-corrected chi connectivity index (χ4v) is 3.75. The van der Waals surface area contributed by atoms with Crippen LogP contribution in [0.3, 0.4) is 0 Å². The van der Waals surface area contributed by atoms with Gasteiger partial charge in [-0.2, -0.15) is 0 Å². The molecular formula is C12H14ClNO5S. The molecule has 110 valence electrons. The Hall–Kier alpha value is -1.60. The first-order chi connectivity index (χ1) is 9.19. The van der Waals surface area contributed by atoms with Crippen LogP contribution in [0.4, 0.5) is 0 Å². The van der Waals surface area contributed by atoms with Crippen molar-refractivity contribution in [3.63, 3.8) is 0 Å². The third kappa shape index (κ3) is 3.71. The van der Waals surface area contributed by atoms with Gasteiger partial charge < -0.3 is 10.8 Å². The number of primary amides is 1. The molecule has 3 N–H and O–H groups in total. The Kier molecular flexibility index (Phi) is 5.13. The summed E-state index contributed by atoms with van der Waals surface area (Å²) in [4.78, 5) is 21.9. The van der Waals surface area contributed by atoms with E-state index >= 15 is 0 Å². The van der Waals surface area contributed by atoms with Gasteiger partial charge in [0.25, 0.3) is 0 Å². The van der Waals surface area contributed by atoms with Crippen molar-refractivity contribution in [2.45, 2.75) is 24.3 Å². The Bertz CT molecular complexity index is 641. The first-order valence-corrected chi connectivity index (χ1v) is 7.81. The molecule has 8 heteroatoms. The third-order valence-corrected chi connectivity index (χ3v) is 5.24. The molecule has 1 aromatic carbocycles. The van der Waals surface area contributed by atoms with Gasteiger partial charge in [-0.05, 0) is 24.1 Å². The van der Waals surface area contributed by atoms with Gasteiger partial charge in [0.15, 0.2) is 15.1 Å². The first kappa shape index (κ1) is 16.5. The van der Waals surface area contributed by atoms with E-state index in [1.54, 1.807) is 0 Å². The summed E-state index contributed by atoms with van der Waals surface area (Å²) >= 11 is 5.89. The number of benzene rings is 1. The van der Waals surface area contributed by atoms with Crippen LogP contribution in [0.2, 0.25) is 5.02 Å². The maximum absolute atomic E-state index is 12.0. The minimum Gasteiger partial charge on any atom is -0.480 e. The molecule has 1 aromatic rings. The fourth-order valence-electron chi connectivity index (χ4n) is 1.72. The molecule has 0 fully saturated rings. The standard InChI is InChI=1S/C12H14ClNO5S/c1-2-10(12(16)17)20(18,19)6-8-4-3-7(11(14)15)5-9(8)13/h3-5,10H,2,6H2,1H3,(H2,14,15)(H,16,17). The molecule has 0 radical (unpaired) electrons. The molecule has 6 nitrogen and oxygen atoms in total. The molecule has 0 bridgehead atoms. The Labute approximate surface area is 121 Å². The van der Waals surface area contributed by atoms with Crippen LogP contribution in [-0.4, -0.2) is 30.7 Å². The lowest BCUT2D eigenvalue weighted by atomic mass is 10.1. The lowest BCUT2D eigenvalue weighted by molar-refractivity contribution is -0.136. The van der Waals surface area contributed by atoms with Crippen LogP contribution in [0.15, 0.2) is 18.2 Å². The highest BCUT2D eigenvalue weighted by molar-refractivity contribution is 7.92. The lowest BCUT2D eigenvalue weighted by Crippen LogP contribution is -2.30. The Morgan fingerprint density at radius 3 is 2.40 bits per heavy atom. The summed E-state index contributed by atoms with van der Waals surface area (Å²) in [6.45, 7) is 1.48. The van der Waals surface area contributed by atoms with Crippen molar-refractivity contribution in [1.29, 1.82) is 0 Å². The minimum atomic E-state index is -3.88. The van der Waals surface area contributed by atoms with Crippen LogP contribution >= 0.6 is 11.6 Å². The van der Waals surface area contributed by atoms with Crippen LogP contribution < -0.4 is 5.73 Å². The van der Waals surface area contributed by atoms with E-state index in [4.69, 9.17) is 22.4 Å². The second kappa shape index (κ2) is 6.23. The molecule has 0 saturated heterocycles. The number of nitrogens with two attached hydrogens (primary N) is 1. The molecule has 1 unspecified atom stereocenters. The lowest BCUT2D eigenvalue weighted by Gasteiger charge is -2.12. The van der Waals surface area contributed by atoms with E-state index < -0.39 is 32.7 Å². The first-order valence-electron chi connectivity index (χ1n) is 5.71. The Morgan fingerprint density at radius 1 is 1.40 bits per heavy atom. The number of carboxylic acid groups (broad SMARTS) is 1. The zero-order chi connectivity index (χ0) is 15.5. The molecular weight excluding hydrogens is 306 g/mol. The molecule has 0 aliphatic carbocycles. The smallest absolute Gasteiger partial charge is 0.321 e. The number of carbonyl (C=O) groups excluding carboxylic acids is 1. The quantitative estimate of drug-likeness (QED) is 0.818. The number of hydrogen-bond donors (Lipinski definition) is 2. The van der Waals surface area contributed by atoms with Crippen molar-refractivity contribution in [2.75, 3.05) is 0 Å². The Balaban J connectivity index is 3.10. The molecule has 0 aliphatic rings. The van der Waals surface area contributed by atoms with Crippen LogP contribution in [0, 0.1) is 0 Å². The van der Waals surface area contributed by atoms with Gasteiger partial charge in [-0.3, -0.25) is 9.59 Å². The highest BCUT2D eigenvalue weighted by Crippen LogP contribution is 2.22. The summed E-state index contributed by atoms with van der Waals surface area (Å²) in [7, 11) is -3.88. The molecule has 0 aromatic heterocycles. The van der Waals surface area contributed by atoms with E-state index in [2.05, 4.69) is 0 Å². The van der Waals surface area contributed by atoms with E-state index in [1.165, 1.54) is 25.1 Å². The van der Waals surface area contributed by atoms with E-state index in [1.807, 2.05) is 0 Å². The van der Waals surface area contributed by atoms with Gasteiger partial charge in [0.1, 0.15) is 0 Å². The molecule has 1 rings (SSSR count). The van der Waals surface area contributed by atoms with Crippen LogP contribution in [0.5, 0.6) is 0 Å². The van der Waals surface area contributed by atoms with Crippen molar-refractivity contribution < 1.29 is 23.1 Å². The van der Waals surface area contributed by atoms with Crippen LogP contribution in [-0.2, 0) is 20.4 Å². The second-order valence-electron chi connectivity index (χ2n) is 4.21. The van der Waals surface area contributed by atoms with Crippen molar-refractivity contribution in [2.24, 2.45) is 5.73 Å². The zero-order valence-electron chi connectivity index (χ0n) is 10.7. The van der Waals surface area contributed by atoms with Gasteiger partial charge >= 0.3 is 5.97 Å². The molecule has 0 saturated carbocycles. The third-order valence-electron chi connectivity index (χ3n) is 2.77. The highest BCUT2D eigenvalue weighted by Gasteiger charge is 2.31. The summed E-state index contributed by atoms with van der Waals surface area (Å²) in [5.41, 5.74) is 5.46. The average molecular weight is 320 g/mol. The predicted molar refractivity (Wildman–Crippen MR) is 74.3 cm³/mol. The minimum absolute atomic E-state index is 0.0331. The summed E-state index contributed by atoms with van der Waals surface area (Å²) in [6, 6.07) is 3.96. The molecule has 0 spiro atoms. The summed E-state index contributed by atoms with van der Waals surface area (Å²) in [5.74, 6) is -2.58. The number of carbonyl (C=O) groups is 2. The van der Waals surface area contributed by atoms with Crippen molar-refractivity contribution in [3.05, 3.63) is 34.3 Å². The number of amides is 1. The highest BCUT2D eigenvalue weighted by atomic mass is 35.5. The number of aliphatic carboxylic acids is 1. The molecule has 1 amide bonds. The van der Waals surface area contributed by atoms with Gasteiger partial charge in [0.2, 0.25) is 5.91 Å². The molecule has 20 heavy (non-hydrogen) atoms. The maximum atomic E-state index is 12.0. The number of hydrogen-bond acceptors (Lipinski definition) is 4. The molecule has 0 heterocycles. The van der Waals surface area contributed by atoms with Gasteiger partial charge in [0, 0.05) is 10.6 Å². The molecule has 0 aliphatic heterocycles. The number of halogens is 1. The predicted octanol–water partition coefficient (Wildman–Crippen LogP) is 1.22. The molecule has 1 atom stereocenters. The average Bonchev–Trinajstić information content (AvgIpc) is 2.31. The van der Waals surface area contributed by atoms with E-state index in [0.29, 0.717) is 0 Å². The van der Waals surface area contributed by atoms with Gasteiger partial charge in [-0.15, -0.1) is 0 Å². The van der Waals surface area contributed by atoms with E-state index in [0.717, 1.165) is 0 Å². The normalized spacial score (nSPS) is 12.9. The number of carboxylic acids is 1. The van der Waals surface area contributed by atoms with Gasteiger partial charge in [0.05, 0.1) is 5.75 Å². The largest absolute Gasteiger partial charge is 0.480 e. The van der Waals surface area contributed by atoms with Gasteiger partial charge in [-0.25, -0.2) is 8.42 Å². The summed E-state index contributed by atoms with van der Waals surface area (Å²) < 4.78 is 24.0. The zero-order valence-corrected chi connectivity index (χ0v) is 12.2. The van der Waals surface area contributed by atoms with Crippen LogP contribution in [0.1, 0.15) is 29.3 Å². The van der Waals surface area contributed by atoms with Crippen molar-refractivity contribution in [3.8, 4) is 0 Å². The fraction of sp³-hybridized carbons (Fsp3) is 0.333.